The number of alkyl halides is 3. The minimum Gasteiger partial charge on any atom is -0.379 e. The topological polar surface area (TPSA) is 24.9 Å². The van der Waals surface area contributed by atoms with E-state index in [0.29, 0.717) is 17.3 Å². The van der Waals surface area contributed by atoms with E-state index in [1.807, 2.05) is 0 Å². The Labute approximate surface area is 113 Å². The minimum absolute atomic E-state index is 0.379. The first-order valence-corrected chi connectivity index (χ1v) is 5.84. The lowest BCUT2D eigenvalue weighted by Gasteiger charge is -2.09. The first-order chi connectivity index (χ1) is 8.97. The van der Waals surface area contributed by atoms with Crippen LogP contribution in [0.1, 0.15) is 11.1 Å². The first-order valence-electron chi connectivity index (χ1n) is 5.46. The Kier molecular flexibility index (Phi) is 3.95. The molecular formula is C13H10ClF3N2. The second-order valence-corrected chi connectivity index (χ2v) is 4.31. The molecule has 0 radical (unpaired) electrons. The van der Waals surface area contributed by atoms with Crippen molar-refractivity contribution in [3.63, 3.8) is 0 Å². The van der Waals surface area contributed by atoms with Gasteiger partial charge in [-0.25, -0.2) is 0 Å². The van der Waals surface area contributed by atoms with Crippen molar-refractivity contribution >= 4 is 17.3 Å². The fourth-order valence-corrected chi connectivity index (χ4v) is 1.69. The predicted molar refractivity (Wildman–Crippen MR) is 68.0 cm³/mol. The summed E-state index contributed by atoms with van der Waals surface area (Å²) in [6.07, 6.45) is -1.18. The molecule has 2 rings (SSSR count). The van der Waals surface area contributed by atoms with Crippen molar-refractivity contribution in [2.24, 2.45) is 0 Å². The predicted octanol–water partition coefficient (Wildman–Crippen LogP) is 4.37. The smallest absolute Gasteiger partial charge is 0.379 e. The van der Waals surface area contributed by atoms with E-state index in [2.05, 4.69) is 10.3 Å². The molecule has 0 saturated heterocycles. The third-order valence-electron chi connectivity index (χ3n) is 2.53. The molecule has 0 saturated carbocycles. The zero-order valence-electron chi connectivity index (χ0n) is 9.71. The van der Waals surface area contributed by atoms with Crippen molar-refractivity contribution in [1.29, 1.82) is 0 Å². The van der Waals surface area contributed by atoms with E-state index in [-0.39, 0.29) is 0 Å². The van der Waals surface area contributed by atoms with Crippen LogP contribution < -0.4 is 5.32 Å². The average molecular weight is 287 g/mol. The Bertz CT molecular complexity index is 553. The number of hydrogen-bond acceptors (Lipinski definition) is 2. The van der Waals surface area contributed by atoms with Gasteiger partial charge < -0.3 is 5.32 Å². The summed E-state index contributed by atoms with van der Waals surface area (Å²) in [5, 5.41) is 3.53. The van der Waals surface area contributed by atoms with Crippen molar-refractivity contribution in [3.8, 4) is 0 Å². The number of anilines is 1. The van der Waals surface area contributed by atoms with Gasteiger partial charge in [-0.05, 0) is 23.8 Å². The number of hydrogen-bond donors (Lipinski definition) is 1. The molecule has 0 aliphatic carbocycles. The maximum absolute atomic E-state index is 12.4. The number of halogens is 4. The highest BCUT2D eigenvalue weighted by molar-refractivity contribution is 6.33. The third kappa shape index (κ3) is 3.61. The lowest BCUT2D eigenvalue weighted by molar-refractivity contribution is -0.137. The Morgan fingerprint density at radius 1 is 1.11 bits per heavy atom. The van der Waals surface area contributed by atoms with E-state index >= 15 is 0 Å². The summed E-state index contributed by atoms with van der Waals surface area (Å²) in [6, 6.07) is 6.61. The van der Waals surface area contributed by atoms with Crippen LogP contribution in [0.4, 0.5) is 18.9 Å². The van der Waals surface area contributed by atoms with Crippen molar-refractivity contribution < 1.29 is 13.2 Å². The van der Waals surface area contributed by atoms with Crippen LogP contribution in [0.3, 0.4) is 0 Å². The lowest BCUT2D eigenvalue weighted by atomic mass is 10.1. The van der Waals surface area contributed by atoms with E-state index in [0.717, 1.165) is 17.7 Å². The normalized spacial score (nSPS) is 11.4. The summed E-state index contributed by atoms with van der Waals surface area (Å²) in [6.45, 7) is 0.379. The van der Waals surface area contributed by atoms with Gasteiger partial charge in [-0.2, -0.15) is 13.2 Å². The zero-order valence-corrected chi connectivity index (χ0v) is 10.5. The lowest BCUT2D eigenvalue weighted by Crippen LogP contribution is -2.05. The Morgan fingerprint density at radius 2 is 1.79 bits per heavy atom. The fourth-order valence-electron chi connectivity index (χ4n) is 1.52. The van der Waals surface area contributed by atoms with Gasteiger partial charge in [0.05, 0.1) is 22.5 Å². The van der Waals surface area contributed by atoms with Crippen molar-refractivity contribution in [2.45, 2.75) is 12.7 Å². The van der Waals surface area contributed by atoms with Crippen LogP contribution in [0, 0.1) is 0 Å². The summed E-state index contributed by atoms with van der Waals surface area (Å²) in [7, 11) is 0. The summed E-state index contributed by atoms with van der Waals surface area (Å²) in [4.78, 5) is 3.91. The second kappa shape index (κ2) is 5.48. The molecule has 1 aromatic heterocycles. The molecule has 1 heterocycles. The number of nitrogens with one attached hydrogen (secondary N) is 1. The molecular weight excluding hydrogens is 277 g/mol. The number of pyridine rings is 1. The molecule has 0 fully saturated rings. The van der Waals surface area contributed by atoms with Gasteiger partial charge in [0.15, 0.2) is 0 Å². The molecule has 6 heteroatoms. The number of benzene rings is 1. The van der Waals surface area contributed by atoms with E-state index < -0.39 is 11.7 Å². The van der Waals surface area contributed by atoms with Crippen LogP contribution in [-0.2, 0) is 12.7 Å². The molecule has 1 aromatic carbocycles. The Hall–Kier alpha value is -1.75. The largest absolute Gasteiger partial charge is 0.416 e. The Balaban J connectivity index is 2.03. The van der Waals surface area contributed by atoms with Crippen molar-refractivity contribution in [1.82, 2.24) is 4.98 Å². The molecule has 0 bridgehead atoms. The van der Waals surface area contributed by atoms with E-state index in [4.69, 9.17) is 11.6 Å². The highest BCUT2D eigenvalue weighted by atomic mass is 35.5. The summed E-state index contributed by atoms with van der Waals surface area (Å²) in [5.41, 5.74) is 0.715. The van der Waals surface area contributed by atoms with Crippen LogP contribution in [0.25, 0.3) is 0 Å². The maximum Gasteiger partial charge on any atom is 0.416 e. The van der Waals surface area contributed by atoms with Crippen molar-refractivity contribution in [3.05, 3.63) is 58.9 Å². The second-order valence-electron chi connectivity index (χ2n) is 3.90. The summed E-state index contributed by atoms with van der Waals surface area (Å²) < 4.78 is 37.1. The molecule has 2 nitrogen and oxygen atoms in total. The van der Waals surface area contributed by atoms with Crippen LogP contribution in [0.15, 0.2) is 42.7 Å². The van der Waals surface area contributed by atoms with Gasteiger partial charge in [0, 0.05) is 12.7 Å². The molecule has 100 valence electrons. The zero-order chi connectivity index (χ0) is 13.9. The highest BCUT2D eigenvalue weighted by Crippen LogP contribution is 2.29. The summed E-state index contributed by atoms with van der Waals surface area (Å²) >= 11 is 5.92. The molecule has 0 unspecified atom stereocenters. The highest BCUT2D eigenvalue weighted by Gasteiger charge is 2.29. The number of rotatable bonds is 3. The molecule has 0 aliphatic heterocycles. The minimum atomic E-state index is -4.31. The van der Waals surface area contributed by atoms with Crippen LogP contribution in [-0.4, -0.2) is 4.98 Å². The average Bonchev–Trinajstić information content (AvgIpc) is 2.37. The maximum atomic E-state index is 12.4. The van der Waals surface area contributed by atoms with Crippen LogP contribution in [0.2, 0.25) is 5.02 Å². The molecule has 0 amide bonds. The van der Waals surface area contributed by atoms with Crippen molar-refractivity contribution in [2.75, 3.05) is 5.32 Å². The fraction of sp³-hybridized carbons (Fsp3) is 0.154. The standard InChI is InChI=1S/C13H10ClF3N2/c14-11-5-6-18-8-12(11)19-7-9-1-3-10(4-2-9)13(15,16)17/h1-6,8,19H,7H2. The number of nitrogens with zero attached hydrogens (tertiary/aromatic N) is 1. The monoisotopic (exact) mass is 286 g/mol. The van der Waals surface area contributed by atoms with Gasteiger partial charge in [0.1, 0.15) is 0 Å². The SMILES string of the molecule is FC(F)(F)c1ccc(CNc2cnccc2Cl)cc1. The molecule has 2 aromatic rings. The van der Waals surface area contributed by atoms with Crippen LogP contribution in [0.5, 0.6) is 0 Å². The quantitative estimate of drug-likeness (QED) is 0.906. The molecule has 0 spiro atoms. The van der Waals surface area contributed by atoms with E-state index in [9.17, 15) is 13.2 Å². The van der Waals surface area contributed by atoms with Gasteiger partial charge in [0.2, 0.25) is 0 Å². The molecule has 0 aliphatic rings. The van der Waals surface area contributed by atoms with Gasteiger partial charge in [-0.1, -0.05) is 23.7 Å². The molecule has 1 N–H and O–H groups in total. The molecule has 19 heavy (non-hydrogen) atoms. The third-order valence-corrected chi connectivity index (χ3v) is 2.86. The number of aromatic nitrogens is 1. The van der Waals surface area contributed by atoms with Crippen LogP contribution >= 0.6 is 11.6 Å². The van der Waals surface area contributed by atoms with Gasteiger partial charge in [0.25, 0.3) is 0 Å². The summed E-state index contributed by atoms with van der Waals surface area (Å²) in [5.74, 6) is 0. The molecule has 0 atom stereocenters. The first kappa shape index (κ1) is 13.7. The Morgan fingerprint density at radius 3 is 2.37 bits per heavy atom. The van der Waals surface area contributed by atoms with Gasteiger partial charge in [-0.3, -0.25) is 4.98 Å². The van der Waals surface area contributed by atoms with E-state index in [1.165, 1.54) is 12.1 Å². The van der Waals surface area contributed by atoms with Gasteiger partial charge in [-0.15, -0.1) is 0 Å². The van der Waals surface area contributed by atoms with Gasteiger partial charge >= 0.3 is 6.18 Å². The van der Waals surface area contributed by atoms with E-state index in [1.54, 1.807) is 18.5 Å².